The zero-order valence-electron chi connectivity index (χ0n) is 20.3. The monoisotopic (exact) mass is 521 g/mol. The zero-order valence-corrected chi connectivity index (χ0v) is 21.9. The first kappa shape index (κ1) is 26.9. The molecule has 35 heavy (non-hydrogen) atoms. The number of nitrogens with one attached hydrogen (secondary N) is 3. The number of aliphatic imine (C=N–C) groups is 1. The topological polar surface area (TPSA) is 139 Å². The van der Waals surface area contributed by atoms with Gasteiger partial charge in [-0.25, -0.2) is 9.78 Å². The molecule has 4 bridgehead atoms. The Balaban J connectivity index is 1.86. The van der Waals surface area contributed by atoms with E-state index in [9.17, 15) is 19.2 Å². The second-order valence-corrected chi connectivity index (χ2v) is 10.7. The van der Waals surface area contributed by atoms with Gasteiger partial charge >= 0.3 is 5.97 Å². The molecule has 10 nitrogen and oxygen atoms in total. The average molecular weight is 522 g/mol. The Kier molecular flexibility index (Phi) is 9.06. The summed E-state index contributed by atoms with van der Waals surface area (Å²) in [4.78, 5) is 59.5. The number of carbonyl (C=O) groups is 4. The highest BCUT2D eigenvalue weighted by molar-refractivity contribution is 8.14. The molecule has 3 atom stereocenters. The molecular formula is C23H31N5O5S2. The molecule has 3 amide bonds. The third-order valence-electron chi connectivity index (χ3n) is 5.49. The van der Waals surface area contributed by atoms with Crippen LogP contribution in [0, 0.1) is 5.92 Å². The second-order valence-electron chi connectivity index (χ2n) is 8.84. The van der Waals surface area contributed by atoms with Crippen molar-refractivity contribution < 1.29 is 23.9 Å². The first-order valence-electron chi connectivity index (χ1n) is 11.5. The minimum atomic E-state index is -1.04. The van der Waals surface area contributed by atoms with Crippen LogP contribution in [-0.2, 0) is 30.5 Å². The van der Waals surface area contributed by atoms with Crippen LogP contribution < -0.4 is 16.0 Å². The fourth-order valence-corrected chi connectivity index (χ4v) is 5.27. The van der Waals surface area contributed by atoms with E-state index < -0.39 is 23.7 Å². The van der Waals surface area contributed by atoms with Crippen LogP contribution >= 0.6 is 23.1 Å². The van der Waals surface area contributed by atoms with Gasteiger partial charge in [0.2, 0.25) is 17.7 Å². The van der Waals surface area contributed by atoms with Gasteiger partial charge < -0.3 is 20.7 Å². The SMILES string of the molecule is CCC(=O)NC/C=C/[C@@H]1CC(=O)NCc2nc(cs2)C2=N[C@@](C)(CS2)C(=O)N[C@@H](C(C)C)C(=O)O1. The van der Waals surface area contributed by atoms with E-state index in [1.54, 1.807) is 39.8 Å². The smallest absolute Gasteiger partial charge is 0.329 e. The number of ether oxygens (including phenoxy) is 1. The highest BCUT2D eigenvalue weighted by Gasteiger charge is 2.41. The molecule has 3 N–H and O–H groups in total. The van der Waals surface area contributed by atoms with E-state index >= 15 is 0 Å². The number of thiazole rings is 1. The van der Waals surface area contributed by atoms with Crippen molar-refractivity contribution in [3.8, 4) is 0 Å². The van der Waals surface area contributed by atoms with Gasteiger partial charge in [-0.1, -0.05) is 26.8 Å². The number of rotatable bonds is 5. The van der Waals surface area contributed by atoms with Crippen molar-refractivity contribution in [3.05, 3.63) is 28.2 Å². The number of esters is 1. The van der Waals surface area contributed by atoms with Crippen molar-refractivity contribution in [1.29, 1.82) is 0 Å². The van der Waals surface area contributed by atoms with E-state index in [4.69, 9.17) is 4.74 Å². The third-order valence-corrected chi connectivity index (χ3v) is 7.61. The van der Waals surface area contributed by atoms with E-state index in [-0.39, 0.29) is 43.1 Å². The molecule has 2 aliphatic heterocycles. The molecule has 2 aliphatic rings. The lowest BCUT2D eigenvalue weighted by Gasteiger charge is -2.27. The highest BCUT2D eigenvalue weighted by atomic mass is 32.2. The standard InChI is InChI=1S/C23H31N5O5S2/c1-5-16(29)24-8-6-7-14-9-17(30)25-10-18-26-15(11-34-18)20-28-23(4,12-35-20)22(32)27-19(13(2)3)21(31)33-14/h6-7,11,13-14,19H,5,8-10,12H2,1-4H3,(H,24,29)(H,25,30)(H,27,32)/b7-6+/t14-,19+,23+/m1/s1. The van der Waals surface area contributed by atoms with Crippen LogP contribution in [0.25, 0.3) is 0 Å². The van der Waals surface area contributed by atoms with Crippen molar-refractivity contribution in [2.75, 3.05) is 12.3 Å². The molecule has 1 aromatic rings. The number of cyclic esters (lactones) is 1. The molecule has 0 spiro atoms. The van der Waals surface area contributed by atoms with Gasteiger partial charge in [0.1, 0.15) is 33.4 Å². The van der Waals surface area contributed by atoms with Crippen LogP contribution in [0.1, 0.15) is 51.2 Å². The molecule has 0 fully saturated rings. The molecule has 0 saturated carbocycles. The van der Waals surface area contributed by atoms with E-state index in [1.165, 1.54) is 23.1 Å². The van der Waals surface area contributed by atoms with Crippen LogP contribution in [0.15, 0.2) is 22.5 Å². The first-order chi connectivity index (χ1) is 16.6. The van der Waals surface area contributed by atoms with Gasteiger partial charge in [0.25, 0.3) is 0 Å². The van der Waals surface area contributed by atoms with Gasteiger partial charge in [-0.15, -0.1) is 23.1 Å². The number of carbonyl (C=O) groups excluding carboxylic acids is 4. The van der Waals surface area contributed by atoms with Gasteiger partial charge in [-0.3, -0.25) is 19.4 Å². The third kappa shape index (κ3) is 7.14. The molecule has 3 rings (SSSR count). The number of hydrogen-bond donors (Lipinski definition) is 3. The van der Waals surface area contributed by atoms with Crippen molar-refractivity contribution in [2.24, 2.45) is 10.9 Å². The van der Waals surface area contributed by atoms with Crippen LogP contribution in [0.5, 0.6) is 0 Å². The van der Waals surface area contributed by atoms with Gasteiger partial charge in [-0.05, 0) is 18.9 Å². The summed E-state index contributed by atoms with van der Waals surface area (Å²) in [6.07, 6.45) is 2.58. The molecule has 0 unspecified atom stereocenters. The minimum absolute atomic E-state index is 0.110. The number of thioether (sulfide) groups is 1. The van der Waals surface area contributed by atoms with E-state index in [1.807, 2.05) is 5.38 Å². The molecule has 1 aromatic heterocycles. The van der Waals surface area contributed by atoms with Gasteiger partial charge in [-0.2, -0.15) is 0 Å². The Bertz CT molecular complexity index is 1040. The molecule has 0 aliphatic carbocycles. The fraction of sp³-hybridized carbons (Fsp3) is 0.565. The molecule has 3 heterocycles. The average Bonchev–Trinajstić information content (AvgIpc) is 3.45. The predicted octanol–water partition coefficient (Wildman–Crippen LogP) is 1.55. The Hall–Kier alpha value is -2.73. The van der Waals surface area contributed by atoms with Crippen LogP contribution in [-0.4, -0.2) is 63.7 Å². The fourth-order valence-electron chi connectivity index (χ4n) is 3.35. The lowest BCUT2D eigenvalue weighted by Crippen LogP contribution is -2.53. The molecule has 0 aromatic carbocycles. The van der Waals surface area contributed by atoms with Crippen LogP contribution in [0.2, 0.25) is 0 Å². The summed E-state index contributed by atoms with van der Waals surface area (Å²) in [5.74, 6) is -1.27. The lowest BCUT2D eigenvalue weighted by molar-refractivity contribution is -0.153. The summed E-state index contributed by atoms with van der Waals surface area (Å²) >= 11 is 2.83. The van der Waals surface area contributed by atoms with Gasteiger partial charge in [0, 0.05) is 24.1 Å². The van der Waals surface area contributed by atoms with Gasteiger partial charge in [0.15, 0.2) is 0 Å². The maximum atomic E-state index is 13.2. The van der Waals surface area contributed by atoms with Crippen molar-refractivity contribution in [3.63, 3.8) is 0 Å². The van der Waals surface area contributed by atoms with Crippen LogP contribution in [0.4, 0.5) is 0 Å². The number of hydrogen-bond acceptors (Lipinski definition) is 9. The van der Waals surface area contributed by atoms with Crippen molar-refractivity contribution in [2.45, 2.75) is 64.8 Å². The summed E-state index contributed by atoms with van der Waals surface area (Å²) in [6, 6.07) is -0.916. The van der Waals surface area contributed by atoms with Crippen LogP contribution in [0.3, 0.4) is 0 Å². The van der Waals surface area contributed by atoms with E-state index in [0.717, 1.165) is 0 Å². The first-order valence-corrected chi connectivity index (χ1v) is 13.4. The largest absolute Gasteiger partial charge is 0.456 e. The molecular weight excluding hydrogens is 490 g/mol. The van der Waals surface area contributed by atoms with Crippen molar-refractivity contribution >= 4 is 51.8 Å². The summed E-state index contributed by atoms with van der Waals surface area (Å²) in [5.41, 5.74) is -0.373. The van der Waals surface area contributed by atoms with Crippen molar-refractivity contribution in [1.82, 2.24) is 20.9 Å². The molecule has 0 saturated heterocycles. The summed E-state index contributed by atoms with van der Waals surface area (Å²) < 4.78 is 5.65. The van der Waals surface area contributed by atoms with E-state index in [2.05, 4.69) is 25.9 Å². The van der Waals surface area contributed by atoms with Gasteiger partial charge in [0.05, 0.1) is 13.0 Å². The quantitative estimate of drug-likeness (QED) is 0.395. The second kappa shape index (κ2) is 11.8. The zero-order chi connectivity index (χ0) is 25.6. The summed E-state index contributed by atoms with van der Waals surface area (Å²) in [7, 11) is 0. The molecule has 0 radical (unpaired) electrons. The highest BCUT2D eigenvalue weighted by Crippen LogP contribution is 2.32. The molecule has 12 heteroatoms. The number of nitrogens with zero attached hydrogens (tertiary/aromatic N) is 2. The molecule has 190 valence electrons. The summed E-state index contributed by atoms with van der Waals surface area (Å²) in [5, 5.41) is 11.5. The Morgan fingerprint density at radius 2 is 2.14 bits per heavy atom. The number of fused-ring (bicyclic) bond motifs is 4. The number of aromatic nitrogens is 1. The minimum Gasteiger partial charge on any atom is -0.456 e. The predicted molar refractivity (Wildman–Crippen MR) is 135 cm³/mol. The van der Waals surface area contributed by atoms with E-state index in [0.29, 0.717) is 27.9 Å². The maximum Gasteiger partial charge on any atom is 0.329 e. The lowest BCUT2D eigenvalue weighted by atomic mass is 10.0. The Labute approximate surface area is 212 Å². The normalized spacial score (nSPS) is 25.7. The Morgan fingerprint density at radius 3 is 2.86 bits per heavy atom. The summed E-state index contributed by atoms with van der Waals surface area (Å²) in [6.45, 7) is 7.56. The Morgan fingerprint density at radius 1 is 1.37 bits per heavy atom. The number of amides is 3. The maximum absolute atomic E-state index is 13.2.